The third-order valence-electron chi connectivity index (χ3n) is 5.08. The molecular weight excluding hydrogens is 396 g/mol. The van der Waals surface area contributed by atoms with Gasteiger partial charge in [-0.25, -0.2) is 8.42 Å². The normalized spacial score (nSPS) is 14.4. The predicted molar refractivity (Wildman–Crippen MR) is 118 cm³/mol. The van der Waals surface area contributed by atoms with Crippen molar-refractivity contribution >= 4 is 27.7 Å². The number of benzene rings is 3. The van der Waals surface area contributed by atoms with E-state index in [0.717, 1.165) is 11.1 Å². The minimum atomic E-state index is -3.59. The van der Waals surface area contributed by atoms with Crippen molar-refractivity contribution in [2.75, 3.05) is 11.9 Å². The number of amides is 1. The lowest BCUT2D eigenvalue weighted by Gasteiger charge is -2.28. The van der Waals surface area contributed by atoms with Gasteiger partial charge in [-0.1, -0.05) is 54.6 Å². The molecule has 0 atom stereocenters. The predicted octanol–water partition coefficient (Wildman–Crippen LogP) is 4.09. The van der Waals surface area contributed by atoms with Gasteiger partial charge >= 0.3 is 0 Å². The number of sulfonamides is 1. The Balaban J connectivity index is 1.43. The largest absolute Gasteiger partial charge is 0.323 e. The molecule has 0 unspecified atom stereocenters. The van der Waals surface area contributed by atoms with Crippen LogP contribution in [-0.2, 0) is 27.8 Å². The fourth-order valence-electron chi connectivity index (χ4n) is 3.45. The van der Waals surface area contributed by atoms with E-state index in [2.05, 4.69) is 5.32 Å². The van der Waals surface area contributed by atoms with Gasteiger partial charge in [0.25, 0.3) is 0 Å². The van der Waals surface area contributed by atoms with Crippen LogP contribution in [0.15, 0.2) is 89.8 Å². The molecule has 1 aliphatic rings. The van der Waals surface area contributed by atoms with Crippen LogP contribution in [0.25, 0.3) is 6.08 Å². The standard InChI is InChI=1S/C24H22N2O3S/c27-24(15-10-19-6-2-1-3-7-19)25-22-11-13-23(14-12-22)30(28,29)26-17-16-20-8-4-5-9-21(20)18-26/h1-15H,16-18H2,(H,25,27). The van der Waals surface area contributed by atoms with Gasteiger partial charge in [-0.05, 0) is 53.5 Å². The second-order valence-electron chi connectivity index (χ2n) is 7.11. The summed E-state index contributed by atoms with van der Waals surface area (Å²) in [5, 5.41) is 2.75. The van der Waals surface area contributed by atoms with Crippen molar-refractivity contribution < 1.29 is 13.2 Å². The number of hydrogen-bond acceptors (Lipinski definition) is 3. The van der Waals surface area contributed by atoms with Crippen molar-refractivity contribution in [1.29, 1.82) is 0 Å². The first-order valence-corrected chi connectivity index (χ1v) is 11.2. The van der Waals surface area contributed by atoms with E-state index in [9.17, 15) is 13.2 Å². The summed E-state index contributed by atoms with van der Waals surface area (Å²) < 4.78 is 27.5. The van der Waals surface area contributed by atoms with Crippen molar-refractivity contribution in [3.8, 4) is 0 Å². The number of anilines is 1. The van der Waals surface area contributed by atoms with Crippen LogP contribution < -0.4 is 5.32 Å². The zero-order valence-electron chi connectivity index (χ0n) is 16.4. The number of rotatable bonds is 5. The van der Waals surface area contributed by atoms with Crippen LogP contribution in [0.3, 0.4) is 0 Å². The topological polar surface area (TPSA) is 66.5 Å². The molecule has 30 heavy (non-hydrogen) atoms. The summed E-state index contributed by atoms with van der Waals surface area (Å²) in [5.74, 6) is -0.276. The minimum absolute atomic E-state index is 0.222. The highest BCUT2D eigenvalue weighted by Gasteiger charge is 2.28. The molecule has 0 fully saturated rings. The van der Waals surface area contributed by atoms with Crippen LogP contribution in [0.5, 0.6) is 0 Å². The number of nitrogens with zero attached hydrogens (tertiary/aromatic N) is 1. The van der Waals surface area contributed by atoms with Gasteiger partial charge in [-0.15, -0.1) is 0 Å². The van der Waals surface area contributed by atoms with E-state index < -0.39 is 10.0 Å². The molecule has 0 aliphatic carbocycles. The summed E-state index contributed by atoms with van der Waals surface area (Å²) in [6.45, 7) is 0.837. The average Bonchev–Trinajstić information content (AvgIpc) is 2.78. The molecule has 1 N–H and O–H groups in total. The first-order chi connectivity index (χ1) is 14.5. The van der Waals surface area contributed by atoms with E-state index >= 15 is 0 Å². The van der Waals surface area contributed by atoms with Gasteiger partial charge in [-0.3, -0.25) is 4.79 Å². The molecule has 0 radical (unpaired) electrons. The lowest BCUT2D eigenvalue weighted by molar-refractivity contribution is -0.111. The van der Waals surface area contributed by atoms with Crippen LogP contribution in [0, 0.1) is 0 Å². The van der Waals surface area contributed by atoms with E-state index in [4.69, 9.17) is 0 Å². The quantitative estimate of drug-likeness (QED) is 0.635. The fraction of sp³-hybridized carbons (Fsp3) is 0.125. The third kappa shape index (κ3) is 4.50. The summed E-state index contributed by atoms with van der Waals surface area (Å²) in [4.78, 5) is 12.3. The second-order valence-corrected chi connectivity index (χ2v) is 9.05. The monoisotopic (exact) mass is 418 g/mol. The molecule has 152 valence electrons. The summed E-state index contributed by atoms with van der Waals surface area (Å²) in [5.41, 5.74) is 3.71. The summed E-state index contributed by atoms with van der Waals surface area (Å²) in [6.07, 6.45) is 3.88. The van der Waals surface area contributed by atoms with Crippen LogP contribution in [0.2, 0.25) is 0 Å². The maximum Gasteiger partial charge on any atom is 0.248 e. The number of hydrogen-bond donors (Lipinski definition) is 1. The zero-order chi connectivity index (χ0) is 21.0. The van der Waals surface area contributed by atoms with Gasteiger partial charge in [0.2, 0.25) is 15.9 Å². The fourth-order valence-corrected chi connectivity index (χ4v) is 4.87. The lowest BCUT2D eigenvalue weighted by atomic mass is 10.0. The molecule has 0 saturated carbocycles. The molecule has 0 bridgehead atoms. The molecule has 1 aliphatic heterocycles. The zero-order valence-corrected chi connectivity index (χ0v) is 17.2. The van der Waals surface area contributed by atoms with Gasteiger partial charge in [0, 0.05) is 24.9 Å². The molecular formula is C24H22N2O3S. The molecule has 0 saturated heterocycles. The minimum Gasteiger partial charge on any atom is -0.323 e. The Bertz CT molecular complexity index is 1170. The Kier molecular flexibility index (Phi) is 5.79. The Hall–Kier alpha value is -3.22. The van der Waals surface area contributed by atoms with Crippen LogP contribution >= 0.6 is 0 Å². The first kappa shape index (κ1) is 20.1. The number of nitrogens with one attached hydrogen (secondary N) is 1. The van der Waals surface area contributed by atoms with Crippen molar-refractivity contribution in [1.82, 2.24) is 4.31 Å². The maximum absolute atomic E-state index is 13.0. The van der Waals surface area contributed by atoms with Crippen molar-refractivity contribution in [2.45, 2.75) is 17.9 Å². The SMILES string of the molecule is O=C(C=Cc1ccccc1)Nc1ccc(S(=O)(=O)N2CCc3ccccc3C2)cc1. The lowest BCUT2D eigenvalue weighted by Crippen LogP contribution is -2.35. The Morgan fingerprint density at radius 3 is 2.27 bits per heavy atom. The Morgan fingerprint density at radius 2 is 1.53 bits per heavy atom. The van der Waals surface area contributed by atoms with Crippen molar-refractivity contribution in [3.63, 3.8) is 0 Å². The Labute approximate surface area is 176 Å². The van der Waals surface area contributed by atoms with Crippen LogP contribution in [0.1, 0.15) is 16.7 Å². The summed E-state index contributed by atoms with van der Waals surface area (Å²) >= 11 is 0. The van der Waals surface area contributed by atoms with Gasteiger partial charge < -0.3 is 5.32 Å². The maximum atomic E-state index is 13.0. The molecule has 5 nitrogen and oxygen atoms in total. The van der Waals surface area contributed by atoms with Gasteiger partial charge in [-0.2, -0.15) is 4.31 Å². The van der Waals surface area contributed by atoms with E-state index in [1.54, 1.807) is 18.2 Å². The molecule has 4 rings (SSSR count). The average molecular weight is 419 g/mol. The molecule has 0 aromatic heterocycles. The molecule has 0 spiro atoms. The number of carbonyl (C=O) groups excluding carboxylic acids is 1. The van der Waals surface area contributed by atoms with E-state index in [0.29, 0.717) is 25.2 Å². The van der Waals surface area contributed by atoms with Crippen LogP contribution in [-0.4, -0.2) is 25.2 Å². The molecule has 1 amide bonds. The molecule has 3 aromatic rings. The highest BCUT2D eigenvalue weighted by atomic mass is 32.2. The summed E-state index contributed by atoms with van der Waals surface area (Å²) in [6, 6.07) is 23.7. The van der Waals surface area contributed by atoms with Gasteiger partial charge in [0.05, 0.1) is 4.90 Å². The van der Waals surface area contributed by atoms with Crippen LogP contribution in [0.4, 0.5) is 5.69 Å². The summed E-state index contributed by atoms with van der Waals surface area (Å²) in [7, 11) is -3.59. The van der Waals surface area contributed by atoms with Crippen molar-refractivity contribution in [3.05, 3.63) is 102 Å². The first-order valence-electron chi connectivity index (χ1n) is 9.73. The third-order valence-corrected chi connectivity index (χ3v) is 6.94. The smallest absolute Gasteiger partial charge is 0.248 e. The molecule has 3 aromatic carbocycles. The highest BCUT2D eigenvalue weighted by Crippen LogP contribution is 2.25. The van der Waals surface area contributed by atoms with E-state index in [1.165, 1.54) is 28.1 Å². The van der Waals surface area contributed by atoms with E-state index in [-0.39, 0.29) is 10.8 Å². The molecule has 6 heteroatoms. The van der Waals surface area contributed by atoms with E-state index in [1.807, 2.05) is 54.6 Å². The Morgan fingerprint density at radius 1 is 0.867 bits per heavy atom. The second kappa shape index (κ2) is 8.65. The highest BCUT2D eigenvalue weighted by molar-refractivity contribution is 7.89. The molecule has 1 heterocycles. The van der Waals surface area contributed by atoms with Gasteiger partial charge in [0.1, 0.15) is 0 Å². The van der Waals surface area contributed by atoms with Gasteiger partial charge in [0.15, 0.2) is 0 Å². The number of fused-ring (bicyclic) bond motifs is 1. The number of carbonyl (C=O) groups is 1. The van der Waals surface area contributed by atoms with Crippen molar-refractivity contribution in [2.24, 2.45) is 0 Å².